The highest BCUT2D eigenvalue weighted by molar-refractivity contribution is 6.28. The number of nitrogens with zero attached hydrogens (tertiary/aromatic N) is 5. The van der Waals surface area contributed by atoms with Gasteiger partial charge in [-0.15, -0.1) is 0 Å². The number of alkyl halides is 3. The Morgan fingerprint density at radius 2 is 1.82 bits per heavy atom. The van der Waals surface area contributed by atoms with E-state index in [0.29, 0.717) is 12.3 Å². The first-order chi connectivity index (χ1) is 19.0. The van der Waals surface area contributed by atoms with Crippen molar-refractivity contribution in [3.63, 3.8) is 0 Å². The van der Waals surface area contributed by atoms with Gasteiger partial charge in [-0.1, -0.05) is 0 Å². The highest BCUT2D eigenvalue weighted by Crippen LogP contribution is 2.32. The van der Waals surface area contributed by atoms with Gasteiger partial charge in [0.1, 0.15) is 18.6 Å². The summed E-state index contributed by atoms with van der Waals surface area (Å²) in [4.78, 5) is 18.3. The Labute approximate surface area is 234 Å². The smallest absolute Gasteiger partial charge is 0.416 e. The summed E-state index contributed by atoms with van der Waals surface area (Å²) in [7, 11) is 0. The summed E-state index contributed by atoms with van der Waals surface area (Å²) < 4.78 is 45.9. The van der Waals surface area contributed by atoms with E-state index >= 15 is 0 Å². The van der Waals surface area contributed by atoms with Crippen LogP contribution in [0, 0.1) is 10.1 Å². The van der Waals surface area contributed by atoms with Crippen molar-refractivity contribution in [1.29, 1.82) is 0 Å². The number of hydrogen-bond donors (Lipinski definition) is 1. The number of nitro groups is 1. The van der Waals surface area contributed by atoms with Gasteiger partial charge in [-0.3, -0.25) is 4.57 Å². The van der Waals surface area contributed by atoms with E-state index in [-0.39, 0.29) is 36.7 Å². The number of piperidine rings is 1. The molecule has 0 bridgehead atoms. The summed E-state index contributed by atoms with van der Waals surface area (Å²) in [5.74, 6) is 0.260. The molecule has 216 valence electrons. The van der Waals surface area contributed by atoms with Crippen molar-refractivity contribution in [3.8, 4) is 5.75 Å². The average Bonchev–Trinajstić information content (AvgIpc) is 3.32. The van der Waals surface area contributed by atoms with Gasteiger partial charge < -0.3 is 29.8 Å². The standard InChI is InChI=1S/C27H31ClF3N5O4/c1-2-35(21-5-3-19(4-6-21)27(29,30)31)22-11-14-33(15-12-22)20-7-9-24(10-8-20)40-18-23(37)13-16-34-17-25(36(38)39)32-26(34)28/h3-10,17,22-23,37H,2,11-16,18H2,1H3. The fourth-order valence-corrected chi connectivity index (χ4v) is 5.09. The van der Waals surface area contributed by atoms with E-state index in [2.05, 4.69) is 14.8 Å². The Morgan fingerprint density at radius 3 is 2.38 bits per heavy atom. The van der Waals surface area contributed by atoms with Crippen LogP contribution in [0.25, 0.3) is 0 Å². The van der Waals surface area contributed by atoms with E-state index in [9.17, 15) is 28.4 Å². The molecule has 0 saturated carbocycles. The molecule has 1 aliphatic heterocycles. The first-order valence-electron chi connectivity index (χ1n) is 13.0. The van der Waals surface area contributed by atoms with Gasteiger partial charge in [0.25, 0.3) is 0 Å². The van der Waals surface area contributed by atoms with Crippen LogP contribution in [0.2, 0.25) is 5.28 Å². The third-order valence-electron chi connectivity index (χ3n) is 7.02. The molecule has 1 atom stereocenters. The van der Waals surface area contributed by atoms with Crippen molar-refractivity contribution >= 4 is 28.8 Å². The summed E-state index contributed by atoms with van der Waals surface area (Å²) in [6.45, 7) is 4.66. The zero-order valence-corrected chi connectivity index (χ0v) is 22.7. The molecule has 1 N–H and O–H groups in total. The minimum atomic E-state index is -4.34. The molecule has 13 heteroatoms. The molecule has 1 saturated heterocycles. The predicted octanol–water partition coefficient (Wildman–Crippen LogP) is 5.79. The number of aryl methyl sites for hydroxylation is 1. The van der Waals surface area contributed by atoms with Gasteiger partial charge in [0.05, 0.1) is 11.7 Å². The molecule has 1 fully saturated rings. The lowest BCUT2D eigenvalue weighted by molar-refractivity contribution is -0.389. The number of rotatable bonds is 11. The van der Waals surface area contributed by atoms with E-state index in [4.69, 9.17) is 16.3 Å². The van der Waals surface area contributed by atoms with E-state index in [0.717, 1.165) is 49.4 Å². The lowest BCUT2D eigenvalue weighted by Crippen LogP contribution is -2.45. The van der Waals surface area contributed by atoms with Crippen LogP contribution in [-0.2, 0) is 12.7 Å². The summed E-state index contributed by atoms with van der Waals surface area (Å²) in [5, 5.41) is 21.0. The summed E-state index contributed by atoms with van der Waals surface area (Å²) in [6, 6.07) is 13.2. The minimum absolute atomic E-state index is 0.0126. The second kappa shape index (κ2) is 12.8. The van der Waals surface area contributed by atoms with Crippen LogP contribution in [0.4, 0.5) is 30.4 Å². The van der Waals surface area contributed by atoms with Gasteiger partial charge in [0.2, 0.25) is 0 Å². The van der Waals surface area contributed by atoms with Crippen molar-refractivity contribution in [2.45, 2.75) is 51.1 Å². The molecular formula is C27H31ClF3N5O4. The topological polar surface area (TPSA) is 96.9 Å². The quantitative estimate of drug-likeness (QED) is 0.226. The normalized spacial score (nSPS) is 15.2. The maximum atomic E-state index is 12.9. The van der Waals surface area contributed by atoms with Crippen molar-refractivity contribution in [3.05, 3.63) is 75.7 Å². The van der Waals surface area contributed by atoms with Crippen molar-refractivity contribution < 1.29 is 27.9 Å². The van der Waals surface area contributed by atoms with Crippen LogP contribution >= 0.6 is 11.6 Å². The van der Waals surface area contributed by atoms with Crippen molar-refractivity contribution in [2.24, 2.45) is 0 Å². The zero-order valence-electron chi connectivity index (χ0n) is 21.9. The van der Waals surface area contributed by atoms with Crippen LogP contribution in [0.15, 0.2) is 54.7 Å². The highest BCUT2D eigenvalue weighted by Gasteiger charge is 2.31. The number of benzene rings is 2. The largest absolute Gasteiger partial charge is 0.491 e. The van der Waals surface area contributed by atoms with Gasteiger partial charge in [-0.25, -0.2) is 0 Å². The third-order valence-corrected chi connectivity index (χ3v) is 7.32. The molecule has 9 nitrogen and oxygen atoms in total. The number of aliphatic hydroxyl groups excluding tert-OH is 1. The predicted molar refractivity (Wildman–Crippen MR) is 146 cm³/mol. The third kappa shape index (κ3) is 7.36. The van der Waals surface area contributed by atoms with Crippen molar-refractivity contribution in [1.82, 2.24) is 9.55 Å². The molecule has 0 spiro atoms. The molecule has 1 unspecified atom stereocenters. The van der Waals surface area contributed by atoms with E-state index in [1.165, 1.54) is 10.8 Å². The second-order valence-corrected chi connectivity index (χ2v) is 9.95. The molecule has 2 aromatic carbocycles. The number of halogens is 4. The minimum Gasteiger partial charge on any atom is -0.491 e. The molecule has 1 aliphatic rings. The van der Waals surface area contributed by atoms with Gasteiger partial charge in [-0.05, 0) is 96.2 Å². The first-order valence-corrected chi connectivity index (χ1v) is 13.4. The molecule has 2 heterocycles. The van der Waals surface area contributed by atoms with Gasteiger partial charge in [0, 0.05) is 43.6 Å². The summed E-state index contributed by atoms with van der Waals surface area (Å²) >= 11 is 5.90. The van der Waals surface area contributed by atoms with E-state index in [1.807, 2.05) is 31.2 Å². The van der Waals surface area contributed by atoms with Crippen LogP contribution in [0.5, 0.6) is 5.75 Å². The molecule has 0 radical (unpaired) electrons. The van der Waals surface area contributed by atoms with Crippen molar-refractivity contribution in [2.75, 3.05) is 36.0 Å². The Hall–Kier alpha value is -3.51. The summed E-state index contributed by atoms with van der Waals surface area (Å²) in [6.07, 6.45) is -1.88. The van der Waals surface area contributed by atoms with Gasteiger partial charge in [-0.2, -0.15) is 13.2 Å². The fraction of sp³-hybridized carbons (Fsp3) is 0.444. The number of ether oxygens (including phenoxy) is 1. The van der Waals surface area contributed by atoms with E-state index in [1.54, 1.807) is 12.1 Å². The number of anilines is 2. The van der Waals surface area contributed by atoms with Crippen LogP contribution in [0.3, 0.4) is 0 Å². The monoisotopic (exact) mass is 581 g/mol. The van der Waals surface area contributed by atoms with Gasteiger partial charge in [0.15, 0.2) is 0 Å². The fourth-order valence-electron chi connectivity index (χ4n) is 4.87. The molecular weight excluding hydrogens is 551 g/mol. The molecule has 1 aromatic heterocycles. The lowest BCUT2D eigenvalue weighted by Gasteiger charge is -2.40. The second-order valence-electron chi connectivity index (χ2n) is 9.61. The number of aliphatic hydroxyl groups is 1. The molecule has 0 amide bonds. The number of imidazole rings is 1. The Morgan fingerprint density at radius 1 is 1.18 bits per heavy atom. The lowest BCUT2D eigenvalue weighted by atomic mass is 10.0. The highest BCUT2D eigenvalue weighted by atomic mass is 35.5. The van der Waals surface area contributed by atoms with Crippen LogP contribution < -0.4 is 14.5 Å². The summed E-state index contributed by atoms with van der Waals surface area (Å²) in [5.41, 5.74) is 1.20. The van der Waals surface area contributed by atoms with Crippen LogP contribution in [0.1, 0.15) is 31.7 Å². The maximum absolute atomic E-state index is 12.9. The zero-order chi connectivity index (χ0) is 28.9. The molecule has 40 heavy (non-hydrogen) atoms. The SMILES string of the molecule is CCN(c1ccc(C(F)(F)F)cc1)C1CCN(c2ccc(OCC(O)CCn3cc([N+](=O)[O-])nc3Cl)cc2)CC1. The molecule has 4 rings (SSSR count). The number of aromatic nitrogens is 2. The molecule has 3 aromatic rings. The van der Waals surface area contributed by atoms with Crippen LogP contribution in [-0.4, -0.2) is 58.0 Å². The van der Waals surface area contributed by atoms with Gasteiger partial charge >= 0.3 is 17.3 Å². The number of hydrogen-bond acceptors (Lipinski definition) is 7. The first kappa shape index (κ1) is 29.5. The Bertz CT molecular complexity index is 1260. The maximum Gasteiger partial charge on any atom is 0.416 e. The molecule has 0 aliphatic carbocycles. The average molecular weight is 582 g/mol. The Kier molecular flexibility index (Phi) is 9.41. The Balaban J connectivity index is 1.23. The van der Waals surface area contributed by atoms with E-state index < -0.39 is 22.8 Å².